The Kier molecular flexibility index (Phi) is 5.14. The van der Waals surface area contributed by atoms with Crippen molar-refractivity contribution in [1.82, 2.24) is 20.3 Å². The van der Waals surface area contributed by atoms with Gasteiger partial charge >= 0.3 is 6.09 Å². The Morgan fingerprint density at radius 1 is 1.29 bits per heavy atom. The first kappa shape index (κ1) is 18.3. The summed E-state index contributed by atoms with van der Waals surface area (Å²) < 4.78 is 5.51. The number of carbonyl (C=O) groups is 1. The van der Waals surface area contributed by atoms with Crippen molar-refractivity contribution in [2.24, 2.45) is 0 Å². The SMILES string of the molecule is Cc1cc(Nc2ncnc3[nH]ccc23)c(OC(=O)NCc2cccc(Cl)c2)s1. The molecule has 9 heteroatoms. The maximum Gasteiger partial charge on any atom is 0.413 e. The highest BCUT2D eigenvalue weighted by Crippen LogP contribution is 2.37. The topological polar surface area (TPSA) is 91.9 Å². The van der Waals surface area contributed by atoms with Crippen LogP contribution in [0.2, 0.25) is 5.02 Å². The first-order valence-electron chi connectivity index (χ1n) is 8.44. The van der Waals surface area contributed by atoms with E-state index in [9.17, 15) is 4.79 Å². The average Bonchev–Trinajstić information content (AvgIpc) is 3.27. The van der Waals surface area contributed by atoms with Crippen LogP contribution in [0.5, 0.6) is 5.06 Å². The molecule has 0 radical (unpaired) electrons. The smallest absolute Gasteiger partial charge is 0.397 e. The Labute approximate surface area is 169 Å². The fourth-order valence-electron chi connectivity index (χ4n) is 2.70. The van der Waals surface area contributed by atoms with Gasteiger partial charge in [0.25, 0.3) is 0 Å². The zero-order valence-electron chi connectivity index (χ0n) is 14.8. The molecule has 0 spiro atoms. The number of aromatic nitrogens is 3. The van der Waals surface area contributed by atoms with Gasteiger partial charge in [-0.25, -0.2) is 14.8 Å². The lowest BCUT2D eigenvalue weighted by molar-refractivity contribution is 0.201. The van der Waals surface area contributed by atoms with E-state index in [-0.39, 0.29) is 0 Å². The van der Waals surface area contributed by atoms with Crippen LogP contribution in [0.25, 0.3) is 11.0 Å². The van der Waals surface area contributed by atoms with Gasteiger partial charge in [0, 0.05) is 22.6 Å². The summed E-state index contributed by atoms with van der Waals surface area (Å²) in [7, 11) is 0. The van der Waals surface area contributed by atoms with E-state index in [1.54, 1.807) is 18.3 Å². The van der Waals surface area contributed by atoms with Gasteiger partial charge in [-0.05, 0) is 36.8 Å². The quantitative estimate of drug-likeness (QED) is 0.427. The molecule has 3 heterocycles. The number of halogens is 1. The van der Waals surface area contributed by atoms with E-state index in [2.05, 4.69) is 25.6 Å². The monoisotopic (exact) mass is 413 g/mol. The Bertz CT molecular complexity index is 1140. The highest BCUT2D eigenvalue weighted by molar-refractivity contribution is 7.14. The first-order valence-corrected chi connectivity index (χ1v) is 9.63. The minimum atomic E-state index is -0.542. The Morgan fingerprint density at radius 3 is 3.04 bits per heavy atom. The molecular formula is C19H16ClN5O2S. The zero-order valence-corrected chi connectivity index (χ0v) is 16.4. The lowest BCUT2D eigenvalue weighted by Crippen LogP contribution is -2.26. The van der Waals surface area contributed by atoms with Gasteiger partial charge in [0.05, 0.1) is 11.1 Å². The minimum Gasteiger partial charge on any atom is -0.397 e. The second-order valence-corrected chi connectivity index (χ2v) is 7.67. The summed E-state index contributed by atoms with van der Waals surface area (Å²) in [5, 5.41) is 7.89. The third-order valence-corrected chi connectivity index (χ3v) is 5.10. The summed E-state index contributed by atoms with van der Waals surface area (Å²) in [6.45, 7) is 2.26. The number of nitrogens with one attached hydrogen (secondary N) is 3. The maximum atomic E-state index is 12.2. The second kappa shape index (κ2) is 7.87. The fourth-order valence-corrected chi connectivity index (χ4v) is 3.72. The molecule has 4 rings (SSSR count). The molecule has 142 valence electrons. The summed E-state index contributed by atoms with van der Waals surface area (Å²) in [4.78, 5) is 24.7. The lowest BCUT2D eigenvalue weighted by atomic mass is 10.2. The van der Waals surface area contributed by atoms with Crippen LogP contribution >= 0.6 is 22.9 Å². The Hall–Kier alpha value is -3.10. The number of aromatic amines is 1. The van der Waals surface area contributed by atoms with Crippen LogP contribution in [0.3, 0.4) is 0 Å². The van der Waals surface area contributed by atoms with Crippen molar-refractivity contribution in [2.75, 3.05) is 5.32 Å². The molecule has 4 aromatic rings. The van der Waals surface area contributed by atoms with Crippen molar-refractivity contribution in [2.45, 2.75) is 13.5 Å². The lowest BCUT2D eigenvalue weighted by Gasteiger charge is -2.09. The molecule has 0 aliphatic rings. The predicted octanol–water partition coefficient (Wildman–Crippen LogP) is 5.01. The van der Waals surface area contributed by atoms with E-state index in [1.165, 1.54) is 17.7 Å². The Balaban J connectivity index is 1.47. The summed E-state index contributed by atoms with van der Waals surface area (Å²) in [5.41, 5.74) is 2.29. The Morgan fingerprint density at radius 2 is 2.18 bits per heavy atom. The highest BCUT2D eigenvalue weighted by Gasteiger charge is 2.15. The third kappa shape index (κ3) is 4.08. The number of amides is 1. The number of anilines is 2. The molecule has 0 saturated heterocycles. The van der Waals surface area contributed by atoms with Crippen molar-refractivity contribution in [3.8, 4) is 5.06 Å². The van der Waals surface area contributed by atoms with E-state index in [0.717, 1.165) is 21.5 Å². The van der Waals surface area contributed by atoms with Crippen LogP contribution in [-0.2, 0) is 6.54 Å². The van der Waals surface area contributed by atoms with Gasteiger partial charge in [-0.1, -0.05) is 23.7 Å². The van der Waals surface area contributed by atoms with Gasteiger partial charge in [-0.15, -0.1) is 11.3 Å². The summed E-state index contributed by atoms with van der Waals surface area (Å²) in [6, 6.07) is 11.1. The number of aryl methyl sites for hydroxylation is 1. The molecule has 0 unspecified atom stereocenters. The number of fused-ring (bicyclic) bond motifs is 1. The number of H-pyrrole nitrogens is 1. The maximum absolute atomic E-state index is 12.2. The molecule has 0 fully saturated rings. The van der Waals surface area contributed by atoms with E-state index in [1.807, 2.05) is 31.2 Å². The van der Waals surface area contributed by atoms with Crippen LogP contribution in [0.4, 0.5) is 16.3 Å². The molecule has 0 atom stereocenters. The van der Waals surface area contributed by atoms with Crippen molar-refractivity contribution in [3.63, 3.8) is 0 Å². The van der Waals surface area contributed by atoms with Crippen molar-refractivity contribution < 1.29 is 9.53 Å². The van der Waals surface area contributed by atoms with E-state index in [0.29, 0.717) is 28.1 Å². The molecular weight excluding hydrogens is 398 g/mol. The molecule has 3 aromatic heterocycles. The number of thiophene rings is 1. The van der Waals surface area contributed by atoms with E-state index < -0.39 is 6.09 Å². The van der Waals surface area contributed by atoms with Gasteiger partial charge in [0.2, 0.25) is 5.06 Å². The number of nitrogens with zero attached hydrogens (tertiary/aromatic N) is 2. The normalized spacial score (nSPS) is 10.8. The number of carbonyl (C=O) groups excluding carboxylic acids is 1. The standard InChI is InChI=1S/C19H16ClN5O2S/c1-11-7-15(25-17-14-5-6-21-16(14)23-10-24-17)18(28-11)27-19(26)22-9-12-3-2-4-13(20)8-12/h2-8,10H,9H2,1H3,(H,22,26)(H2,21,23,24,25). The molecule has 0 aliphatic heterocycles. The zero-order chi connectivity index (χ0) is 19.5. The summed E-state index contributed by atoms with van der Waals surface area (Å²) >= 11 is 7.34. The fraction of sp³-hybridized carbons (Fsp3) is 0.105. The molecule has 28 heavy (non-hydrogen) atoms. The predicted molar refractivity (Wildman–Crippen MR) is 111 cm³/mol. The van der Waals surface area contributed by atoms with Crippen LogP contribution < -0.4 is 15.4 Å². The molecule has 0 aliphatic carbocycles. The average molecular weight is 414 g/mol. The van der Waals surface area contributed by atoms with Gasteiger partial charge in [-0.3, -0.25) is 0 Å². The van der Waals surface area contributed by atoms with Gasteiger partial charge in [0.15, 0.2) is 0 Å². The van der Waals surface area contributed by atoms with Crippen LogP contribution in [-0.4, -0.2) is 21.0 Å². The van der Waals surface area contributed by atoms with Crippen LogP contribution in [0.15, 0.2) is 48.9 Å². The number of benzene rings is 1. The third-order valence-electron chi connectivity index (χ3n) is 3.94. The molecule has 0 saturated carbocycles. The van der Waals surface area contributed by atoms with Crippen molar-refractivity contribution >= 4 is 51.6 Å². The molecule has 7 nitrogen and oxygen atoms in total. The number of hydrogen-bond donors (Lipinski definition) is 3. The summed E-state index contributed by atoms with van der Waals surface area (Å²) in [6.07, 6.45) is 2.72. The number of hydrogen-bond acceptors (Lipinski definition) is 6. The highest BCUT2D eigenvalue weighted by atomic mass is 35.5. The van der Waals surface area contributed by atoms with Crippen LogP contribution in [0.1, 0.15) is 10.4 Å². The van der Waals surface area contributed by atoms with Crippen LogP contribution in [0, 0.1) is 6.92 Å². The van der Waals surface area contributed by atoms with Crippen molar-refractivity contribution in [3.05, 3.63) is 64.4 Å². The van der Waals surface area contributed by atoms with E-state index >= 15 is 0 Å². The number of ether oxygens (including phenoxy) is 1. The molecule has 1 amide bonds. The van der Waals surface area contributed by atoms with Gasteiger partial charge in [-0.2, -0.15) is 0 Å². The van der Waals surface area contributed by atoms with Gasteiger partial charge < -0.3 is 20.4 Å². The van der Waals surface area contributed by atoms with E-state index in [4.69, 9.17) is 16.3 Å². The largest absolute Gasteiger partial charge is 0.413 e. The first-order chi connectivity index (χ1) is 13.6. The molecule has 3 N–H and O–H groups in total. The van der Waals surface area contributed by atoms with Gasteiger partial charge in [0.1, 0.15) is 17.8 Å². The number of rotatable bonds is 5. The second-order valence-electron chi connectivity index (χ2n) is 6.02. The van der Waals surface area contributed by atoms with Crippen molar-refractivity contribution in [1.29, 1.82) is 0 Å². The molecule has 1 aromatic carbocycles. The molecule has 0 bridgehead atoms. The minimum absolute atomic E-state index is 0.322. The summed E-state index contributed by atoms with van der Waals surface area (Å²) in [5.74, 6) is 0.633.